The minimum absolute atomic E-state index is 0.0166. The van der Waals surface area contributed by atoms with Crippen LogP contribution in [0.25, 0.3) is 39.9 Å². The number of rotatable bonds is 9. The third-order valence-corrected chi connectivity index (χ3v) is 18.7. The molecule has 9 aliphatic rings. The highest BCUT2D eigenvalue weighted by molar-refractivity contribution is 7.89. The van der Waals surface area contributed by atoms with Gasteiger partial charge in [0, 0.05) is 89.8 Å². The lowest BCUT2D eigenvalue weighted by Crippen LogP contribution is -2.47. The molecule has 3 saturated carbocycles. The molecule has 0 bridgehead atoms. The molecule has 392 valence electrons. The second kappa shape index (κ2) is 21.9. The average Bonchev–Trinajstić information content (AvgIpc) is 4.26. The Bertz CT molecular complexity index is 3090. The molecule has 1 saturated heterocycles. The van der Waals surface area contributed by atoms with E-state index >= 15 is 0 Å². The number of carbonyl (C=O) groups is 1. The zero-order valence-corrected chi connectivity index (χ0v) is 43.9. The second-order valence-electron chi connectivity index (χ2n) is 21.5. The predicted molar refractivity (Wildman–Crippen MR) is 292 cm³/mol. The summed E-state index contributed by atoms with van der Waals surface area (Å²) in [5, 5.41) is 34.6. The van der Waals surface area contributed by atoms with Gasteiger partial charge in [0.25, 0.3) is 0 Å². The van der Waals surface area contributed by atoms with Crippen molar-refractivity contribution >= 4 is 77.2 Å². The first-order valence-corrected chi connectivity index (χ1v) is 28.9. The molecule has 0 aromatic carbocycles. The Balaban J connectivity index is 0.000000121. The number of ether oxygens (including phenoxy) is 1. The van der Waals surface area contributed by atoms with E-state index in [1.807, 2.05) is 30.3 Å². The summed E-state index contributed by atoms with van der Waals surface area (Å²) in [6.07, 6.45) is 28.8. The van der Waals surface area contributed by atoms with Crippen LogP contribution in [0.4, 0.5) is 0 Å². The van der Waals surface area contributed by atoms with Crippen molar-refractivity contribution in [2.75, 3.05) is 25.4 Å². The molecule has 75 heavy (non-hydrogen) atoms. The summed E-state index contributed by atoms with van der Waals surface area (Å²) in [4.78, 5) is 28.8. The lowest BCUT2D eigenvalue weighted by molar-refractivity contribution is -0.126. The Kier molecular flexibility index (Phi) is 15.0. The van der Waals surface area contributed by atoms with Gasteiger partial charge in [-0.2, -0.15) is 0 Å². The van der Waals surface area contributed by atoms with Crippen LogP contribution in [0.2, 0.25) is 0 Å². The minimum Gasteiger partial charge on any atom is -0.531 e. The van der Waals surface area contributed by atoms with Crippen molar-refractivity contribution in [3.8, 4) is 17.2 Å². The number of nitrogens with zero attached hydrogens (tertiary/aromatic N) is 4. The molecular weight excluding hydrogens is 969 g/mol. The van der Waals surface area contributed by atoms with E-state index in [-0.39, 0.29) is 29.5 Å². The molecule has 5 aliphatic carbocycles. The topological polar surface area (TPSA) is 219 Å². The van der Waals surface area contributed by atoms with Gasteiger partial charge < -0.3 is 44.1 Å². The summed E-state index contributed by atoms with van der Waals surface area (Å²) in [7, 11) is -6.08. The van der Waals surface area contributed by atoms with Gasteiger partial charge in [0.05, 0.1) is 41.8 Å². The maximum Gasteiger partial charge on any atom is 0.552 e. The van der Waals surface area contributed by atoms with Crippen molar-refractivity contribution in [3.05, 3.63) is 100 Å². The Morgan fingerprint density at radius 1 is 0.773 bits per heavy atom. The van der Waals surface area contributed by atoms with E-state index in [9.17, 15) is 28.3 Å². The Hall–Kier alpha value is -5.50. The van der Waals surface area contributed by atoms with Gasteiger partial charge in [0.15, 0.2) is 0 Å². The second-order valence-corrected chi connectivity index (χ2v) is 23.7. The Morgan fingerprint density at radius 3 is 1.96 bits per heavy atom. The van der Waals surface area contributed by atoms with Crippen LogP contribution in [-0.4, -0.2) is 113 Å². The van der Waals surface area contributed by atoms with Crippen LogP contribution in [0, 0.1) is 29.6 Å². The zero-order valence-electron chi connectivity index (χ0n) is 43.1. The Labute approximate surface area is 440 Å². The van der Waals surface area contributed by atoms with Crippen molar-refractivity contribution in [3.63, 3.8) is 0 Å². The number of amides is 1. The number of carbonyl (C=O) groups excluding carboxylic acids is 1. The van der Waals surface area contributed by atoms with Crippen molar-refractivity contribution < 1.29 is 47.0 Å². The highest BCUT2D eigenvalue weighted by Gasteiger charge is 2.42. The molecule has 4 fully saturated rings. The number of allylic oxidation sites excluding steroid dienone is 4. The number of piperidine rings is 1. The smallest absolute Gasteiger partial charge is 0.531 e. The van der Waals surface area contributed by atoms with Gasteiger partial charge in [-0.05, 0) is 130 Å². The first kappa shape index (κ1) is 51.6. The fourth-order valence-corrected chi connectivity index (χ4v) is 14.0. The van der Waals surface area contributed by atoms with Gasteiger partial charge in [-0.15, -0.1) is 0 Å². The molecule has 20 heteroatoms. The van der Waals surface area contributed by atoms with E-state index in [1.54, 1.807) is 35.8 Å². The van der Waals surface area contributed by atoms with E-state index in [0.717, 1.165) is 139 Å². The van der Waals surface area contributed by atoms with Gasteiger partial charge in [-0.3, -0.25) is 14.8 Å². The normalized spacial score (nSPS) is 25.5. The number of aromatic nitrogens is 4. The van der Waals surface area contributed by atoms with Gasteiger partial charge >= 0.3 is 21.4 Å². The molecule has 16 nitrogen and oxygen atoms in total. The van der Waals surface area contributed by atoms with Crippen LogP contribution >= 0.6 is 0 Å². The molecule has 1 amide bonds. The highest BCUT2D eigenvalue weighted by atomic mass is 32.2. The number of fused-ring (bicyclic) bond motifs is 9. The van der Waals surface area contributed by atoms with E-state index in [1.165, 1.54) is 18.4 Å². The number of hydrogen-bond acceptors (Lipinski definition) is 13. The fourth-order valence-electron chi connectivity index (χ4n) is 12.9. The molecule has 5 N–H and O–H groups in total. The molecule has 4 aliphatic heterocycles. The zero-order chi connectivity index (χ0) is 52.0. The molecule has 2 atom stereocenters. The first-order valence-electron chi connectivity index (χ1n) is 27.3. The molecule has 0 radical (unpaired) electrons. The molecule has 4 aromatic heterocycles. The van der Waals surface area contributed by atoms with Crippen molar-refractivity contribution in [1.82, 2.24) is 29.6 Å². The summed E-state index contributed by atoms with van der Waals surface area (Å²) in [5.41, 5.74) is 11.5. The van der Waals surface area contributed by atoms with E-state index in [4.69, 9.17) is 18.7 Å². The van der Waals surface area contributed by atoms with Crippen LogP contribution in [0.15, 0.2) is 60.9 Å². The molecular formula is C55H67B3N6O10S. The summed E-state index contributed by atoms with van der Waals surface area (Å²) >= 11 is 0. The van der Waals surface area contributed by atoms with E-state index in [0.29, 0.717) is 54.2 Å². The van der Waals surface area contributed by atoms with Crippen molar-refractivity contribution in [2.45, 2.75) is 116 Å². The van der Waals surface area contributed by atoms with Crippen molar-refractivity contribution in [1.29, 1.82) is 0 Å². The largest absolute Gasteiger partial charge is 0.552 e. The third kappa shape index (κ3) is 10.5. The van der Waals surface area contributed by atoms with Crippen LogP contribution in [0.5, 0.6) is 17.2 Å². The van der Waals surface area contributed by atoms with Gasteiger partial charge in [-0.25, -0.2) is 17.7 Å². The first-order chi connectivity index (χ1) is 36.3. The number of nitrogens with one attached hydrogen (secondary N) is 2. The summed E-state index contributed by atoms with van der Waals surface area (Å²) in [6.45, 7) is 7.66. The van der Waals surface area contributed by atoms with Crippen LogP contribution < -0.4 is 19.3 Å². The van der Waals surface area contributed by atoms with Gasteiger partial charge in [-0.1, -0.05) is 44.1 Å². The lowest BCUT2D eigenvalue weighted by atomic mass is 9.68. The quantitative estimate of drug-likeness (QED) is 0.105. The van der Waals surface area contributed by atoms with Crippen LogP contribution in [0.3, 0.4) is 0 Å². The monoisotopic (exact) mass is 1040 g/mol. The number of aromatic amines is 1. The standard InChI is InChI=1S/C20H23BN2O3.C18H23BN2O4S.C17H21BN2O3/c24-20(12-4-1-2-5-12)23-14-8-13(9-14)16-10-21(25)26-18-11-22-17-7-3-6-15(17)19(16)18;1-3-26(23,24)21-8-7-12(2)15(11-21)14-9-19(22)25-17-10-20-16-6-4-5-13(16)18(14)17;1-2-22-12-5-3-11(4-6-12)14-9-18(21)23-15-10-20-17-13(16(14)15)7-8-19-17/h3,6,10-14,25H,1-2,4-5,7-9H2,(H,23,24);4-5,9-10,12,15,22H,3,6-8,11H2,1-2H3;7-12,21H,2-6H2,1H3,(H,19,20). The molecule has 8 heterocycles. The molecule has 13 rings (SSSR count). The van der Waals surface area contributed by atoms with Crippen LogP contribution in [0.1, 0.15) is 131 Å². The highest BCUT2D eigenvalue weighted by Crippen LogP contribution is 2.48. The van der Waals surface area contributed by atoms with Gasteiger partial charge in [0.2, 0.25) is 15.9 Å². The number of sulfonamides is 1. The Morgan fingerprint density at radius 2 is 1.35 bits per heavy atom. The summed E-state index contributed by atoms with van der Waals surface area (Å²) in [5.74, 6) is 9.02. The molecule has 0 spiro atoms. The SMILES string of the molecule is CCOC1CCC(C2=CB(O)Oc3cnc4[nH]ccc4c32)CC1.CCS(=O)(=O)N1CCC(C)C(C2=CB(O)Oc3cnc4c(c32)C=CC4)C1.O=C(NC1CC(C2=CB(O)Oc3cnc4c(c32)C=CC4)C1)C1CCCC1. The average molecular weight is 1040 g/mol. The van der Waals surface area contributed by atoms with E-state index < -0.39 is 31.4 Å². The maximum absolute atomic E-state index is 12.4. The molecule has 4 aromatic rings. The van der Waals surface area contributed by atoms with Gasteiger partial charge in [0.1, 0.15) is 22.9 Å². The molecule has 2 unspecified atom stereocenters. The number of hydrogen-bond donors (Lipinski definition) is 5. The maximum atomic E-state index is 12.4. The van der Waals surface area contributed by atoms with E-state index in [2.05, 4.69) is 57.3 Å². The fraction of sp³-hybridized carbons (Fsp3) is 0.491. The van der Waals surface area contributed by atoms with Crippen molar-refractivity contribution in [2.24, 2.45) is 29.6 Å². The van der Waals surface area contributed by atoms with Crippen LogP contribution in [-0.2, 0) is 32.4 Å². The predicted octanol–water partition coefficient (Wildman–Crippen LogP) is 7.24. The number of H-pyrrole nitrogens is 1. The minimum atomic E-state index is -3.23. The third-order valence-electron chi connectivity index (χ3n) is 16.9. The number of pyridine rings is 3. The summed E-state index contributed by atoms with van der Waals surface area (Å²) in [6, 6.07) is 2.28. The summed E-state index contributed by atoms with van der Waals surface area (Å²) < 4.78 is 48.9. The lowest BCUT2D eigenvalue weighted by Gasteiger charge is -2.40.